The van der Waals surface area contributed by atoms with Crippen molar-refractivity contribution in [2.45, 2.75) is 33.7 Å². The Morgan fingerprint density at radius 1 is 1.24 bits per heavy atom. The Morgan fingerprint density at radius 3 is 2.62 bits per heavy atom. The molecule has 1 amide bonds. The van der Waals surface area contributed by atoms with Crippen LogP contribution < -0.4 is 0 Å². The summed E-state index contributed by atoms with van der Waals surface area (Å²) in [6.45, 7) is 8.59. The van der Waals surface area contributed by atoms with Gasteiger partial charge in [-0.15, -0.1) is 0 Å². The number of imidazole rings is 1. The Hall–Kier alpha value is -1.84. The first-order chi connectivity index (χ1) is 10.0. The molecule has 2 unspecified atom stereocenters. The van der Waals surface area contributed by atoms with Gasteiger partial charge in [0.15, 0.2) is 0 Å². The molecule has 2 atom stereocenters. The molecule has 1 fully saturated rings. The lowest BCUT2D eigenvalue weighted by Crippen LogP contribution is -2.44. The first-order valence-electron chi connectivity index (χ1n) is 7.74. The van der Waals surface area contributed by atoms with Gasteiger partial charge in [0.25, 0.3) is 0 Å². The molecule has 0 radical (unpaired) electrons. The Morgan fingerprint density at radius 2 is 1.90 bits per heavy atom. The fraction of sp³-hybridized carbons (Fsp3) is 0.529. The SMILES string of the molecule is Cc1nc2ccccc2n1CC(=O)N1CC(C)CC(C)C1. The van der Waals surface area contributed by atoms with Crippen molar-refractivity contribution in [3.05, 3.63) is 30.1 Å². The van der Waals surface area contributed by atoms with E-state index in [1.165, 1.54) is 6.42 Å². The minimum Gasteiger partial charge on any atom is -0.341 e. The lowest BCUT2D eigenvalue weighted by atomic mass is 9.92. The monoisotopic (exact) mass is 285 g/mol. The van der Waals surface area contributed by atoms with E-state index in [4.69, 9.17) is 0 Å². The Bertz CT molecular complexity index is 651. The van der Waals surface area contributed by atoms with Gasteiger partial charge in [-0.3, -0.25) is 4.79 Å². The highest BCUT2D eigenvalue weighted by Crippen LogP contribution is 2.22. The van der Waals surface area contributed by atoms with Gasteiger partial charge in [-0.25, -0.2) is 4.98 Å². The third kappa shape index (κ3) is 2.80. The minimum absolute atomic E-state index is 0.208. The fourth-order valence-corrected chi connectivity index (χ4v) is 3.50. The average molecular weight is 285 g/mol. The van der Waals surface area contributed by atoms with Crippen LogP contribution >= 0.6 is 0 Å². The van der Waals surface area contributed by atoms with E-state index < -0.39 is 0 Å². The van der Waals surface area contributed by atoms with Crippen LogP contribution in [0.5, 0.6) is 0 Å². The summed E-state index contributed by atoms with van der Waals surface area (Å²) in [5.41, 5.74) is 2.00. The predicted molar refractivity (Wildman–Crippen MR) is 84.0 cm³/mol. The van der Waals surface area contributed by atoms with Gasteiger partial charge in [0.2, 0.25) is 5.91 Å². The van der Waals surface area contributed by atoms with Crippen molar-refractivity contribution >= 4 is 16.9 Å². The van der Waals surface area contributed by atoms with Crippen LogP contribution in [0.25, 0.3) is 11.0 Å². The Labute approximate surface area is 125 Å². The van der Waals surface area contributed by atoms with Crippen molar-refractivity contribution in [3.63, 3.8) is 0 Å². The largest absolute Gasteiger partial charge is 0.341 e. The molecule has 2 aromatic rings. The molecule has 2 heterocycles. The summed E-state index contributed by atoms with van der Waals surface area (Å²) in [6, 6.07) is 8.00. The molecule has 1 saturated heterocycles. The van der Waals surface area contributed by atoms with Gasteiger partial charge in [-0.1, -0.05) is 26.0 Å². The maximum Gasteiger partial charge on any atom is 0.242 e. The molecule has 4 heteroatoms. The molecular formula is C17H23N3O. The van der Waals surface area contributed by atoms with Crippen LogP contribution in [-0.2, 0) is 11.3 Å². The second-order valence-corrected chi connectivity index (χ2v) is 6.48. The molecule has 112 valence electrons. The zero-order valence-corrected chi connectivity index (χ0v) is 13.0. The summed E-state index contributed by atoms with van der Waals surface area (Å²) in [6.07, 6.45) is 1.22. The highest BCUT2D eigenvalue weighted by Gasteiger charge is 2.25. The molecule has 1 aromatic heterocycles. The van der Waals surface area contributed by atoms with Gasteiger partial charge in [-0.2, -0.15) is 0 Å². The van der Waals surface area contributed by atoms with Crippen molar-refractivity contribution in [2.24, 2.45) is 11.8 Å². The quantitative estimate of drug-likeness (QED) is 0.851. The van der Waals surface area contributed by atoms with Crippen LogP contribution in [0.15, 0.2) is 24.3 Å². The highest BCUT2D eigenvalue weighted by molar-refractivity contribution is 5.81. The van der Waals surface area contributed by atoms with Crippen LogP contribution in [0.1, 0.15) is 26.1 Å². The lowest BCUT2D eigenvalue weighted by molar-refractivity contribution is -0.134. The molecular weight excluding hydrogens is 262 g/mol. The molecule has 0 aliphatic carbocycles. The molecule has 4 nitrogen and oxygen atoms in total. The number of aryl methyl sites for hydroxylation is 1. The molecule has 0 saturated carbocycles. The first kappa shape index (κ1) is 14.1. The van der Waals surface area contributed by atoms with E-state index in [1.54, 1.807) is 0 Å². The number of amides is 1. The molecule has 0 bridgehead atoms. The maximum atomic E-state index is 12.6. The van der Waals surface area contributed by atoms with Gasteiger partial charge in [0, 0.05) is 13.1 Å². The molecule has 21 heavy (non-hydrogen) atoms. The summed E-state index contributed by atoms with van der Waals surface area (Å²) >= 11 is 0. The van der Waals surface area contributed by atoms with Crippen LogP contribution in [0.4, 0.5) is 0 Å². The van der Waals surface area contributed by atoms with Gasteiger partial charge in [0.05, 0.1) is 11.0 Å². The van der Waals surface area contributed by atoms with Gasteiger partial charge < -0.3 is 9.47 Å². The van der Waals surface area contributed by atoms with Crippen molar-refractivity contribution < 1.29 is 4.79 Å². The summed E-state index contributed by atoms with van der Waals surface area (Å²) in [7, 11) is 0. The van der Waals surface area contributed by atoms with E-state index in [0.29, 0.717) is 18.4 Å². The second-order valence-electron chi connectivity index (χ2n) is 6.48. The minimum atomic E-state index is 0.208. The number of rotatable bonds is 2. The van der Waals surface area contributed by atoms with Gasteiger partial charge >= 0.3 is 0 Å². The number of fused-ring (bicyclic) bond motifs is 1. The number of carbonyl (C=O) groups is 1. The third-order valence-electron chi connectivity index (χ3n) is 4.36. The summed E-state index contributed by atoms with van der Waals surface area (Å²) in [5, 5.41) is 0. The predicted octanol–water partition coefficient (Wildman–Crippen LogP) is 2.85. The lowest BCUT2D eigenvalue weighted by Gasteiger charge is -2.35. The summed E-state index contributed by atoms with van der Waals surface area (Å²) < 4.78 is 2.03. The number of carbonyl (C=O) groups excluding carboxylic acids is 1. The highest BCUT2D eigenvalue weighted by atomic mass is 16.2. The number of para-hydroxylation sites is 2. The topological polar surface area (TPSA) is 38.1 Å². The zero-order valence-electron chi connectivity index (χ0n) is 13.0. The number of hydrogen-bond donors (Lipinski definition) is 0. The van der Waals surface area contributed by atoms with Crippen LogP contribution in [0, 0.1) is 18.8 Å². The number of nitrogens with zero attached hydrogens (tertiary/aromatic N) is 3. The maximum absolute atomic E-state index is 12.6. The van der Waals surface area contributed by atoms with Gasteiger partial charge in [-0.05, 0) is 37.3 Å². The van der Waals surface area contributed by atoms with E-state index in [2.05, 4.69) is 18.8 Å². The Kier molecular flexibility index (Phi) is 3.70. The van der Waals surface area contributed by atoms with Crippen LogP contribution in [-0.4, -0.2) is 33.4 Å². The third-order valence-corrected chi connectivity index (χ3v) is 4.36. The van der Waals surface area contributed by atoms with Crippen LogP contribution in [0.2, 0.25) is 0 Å². The van der Waals surface area contributed by atoms with E-state index in [1.807, 2.05) is 40.7 Å². The fourth-order valence-electron chi connectivity index (χ4n) is 3.50. The number of hydrogen-bond acceptors (Lipinski definition) is 2. The smallest absolute Gasteiger partial charge is 0.242 e. The molecule has 0 N–H and O–H groups in total. The molecule has 0 spiro atoms. The van der Waals surface area contributed by atoms with E-state index in [-0.39, 0.29) is 5.91 Å². The van der Waals surface area contributed by atoms with E-state index >= 15 is 0 Å². The van der Waals surface area contributed by atoms with Gasteiger partial charge in [0.1, 0.15) is 12.4 Å². The number of piperidine rings is 1. The zero-order chi connectivity index (χ0) is 15.0. The Balaban J connectivity index is 1.81. The van der Waals surface area contributed by atoms with E-state index in [0.717, 1.165) is 29.9 Å². The summed E-state index contributed by atoms with van der Waals surface area (Å²) in [4.78, 5) is 19.2. The average Bonchev–Trinajstić information content (AvgIpc) is 2.74. The standard InChI is InChI=1S/C17H23N3O/c1-12-8-13(2)10-19(9-12)17(21)11-20-14(3)18-15-6-4-5-7-16(15)20/h4-7,12-13H,8-11H2,1-3H3. The van der Waals surface area contributed by atoms with Crippen molar-refractivity contribution in [1.29, 1.82) is 0 Å². The van der Waals surface area contributed by atoms with Crippen LogP contribution in [0.3, 0.4) is 0 Å². The molecule has 1 aromatic carbocycles. The number of benzene rings is 1. The summed E-state index contributed by atoms with van der Waals surface area (Å²) in [5.74, 6) is 2.30. The van der Waals surface area contributed by atoms with Crippen molar-refractivity contribution in [3.8, 4) is 0 Å². The second kappa shape index (κ2) is 5.51. The van der Waals surface area contributed by atoms with E-state index in [9.17, 15) is 4.79 Å². The van der Waals surface area contributed by atoms with Crippen molar-refractivity contribution in [1.82, 2.24) is 14.5 Å². The molecule has 1 aliphatic heterocycles. The van der Waals surface area contributed by atoms with Crippen molar-refractivity contribution in [2.75, 3.05) is 13.1 Å². The molecule has 3 rings (SSSR count). The molecule has 1 aliphatic rings. The number of likely N-dealkylation sites (tertiary alicyclic amines) is 1. The first-order valence-corrected chi connectivity index (χ1v) is 7.74. The number of aromatic nitrogens is 2. The normalized spacial score (nSPS) is 22.7.